The van der Waals surface area contributed by atoms with Crippen molar-refractivity contribution in [3.8, 4) is 11.5 Å². The summed E-state index contributed by atoms with van der Waals surface area (Å²) in [5.41, 5.74) is 3.32. The highest BCUT2D eigenvalue weighted by molar-refractivity contribution is 5.93. The van der Waals surface area contributed by atoms with Crippen molar-refractivity contribution < 1.29 is 9.47 Å². The third kappa shape index (κ3) is 4.73. The number of rotatable bonds is 6. The summed E-state index contributed by atoms with van der Waals surface area (Å²) in [5.74, 6) is 2.05. The van der Waals surface area contributed by atoms with E-state index in [0.717, 1.165) is 18.8 Å². The van der Waals surface area contributed by atoms with Gasteiger partial charge in [0.05, 0.1) is 14.2 Å². The maximum Gasteiger partial charge on any atom is 0.195 e. The number of methoxy groups -OCH3 is 2. The first-order valence-electron chi connectivity index (χ1n) is 8.92. The lowest BCUT2D eigenvalue weighted by molar-refractivity contribution is 0.355. The standard InChI is InChI=1S/C21H26N4O2/c1-22-21(24-17-8-11-19(26-2)20(14-17)27-3)23-15-16-6-9-18(10-7-16)25-12-4-5-13-25/h4-11,14H,12-13,15H2,1-3H3,(H2,22,23,24). The highest BCUT2D eigenvalue weighted by atomic mass is 16.5. The highest BCUT2D eigenvalue weighted by Gasteiger charge is 2.08. The van der Waals surface area contributed by atoms with Gasteiger partial charge in [-0.2, -0.15) is 0 Å². The SMILES string of the molecule is CN=C(NCc1ccc(N2CC=CC2)cc1)Nc1ccc(OC)c(OC)c1. The van der Waals surface area contributed by atoms with Gasteiger partial charge in [0.25, 0.3) is 0 Å². The van der Waals surface area contributed by atoms with E-state index in [0.29, 0.717) is 24.0 Å². The summed E-state index contributed by atoms with van der Waals surface area (Å²) >= 11 is 0. The summed E-state index contributed by atoms with van der Waals surface area (Å²) in [7, 11) is 4.99. The Morgan fingerprint density at radius 3 is 2.33 bits per heavy atom. The topological polar surface area (TPSA) is 58.1 Å². The molecule has 0 spiro atoms. The van der Waals surface area contributed by atoms with Crippen molar-refractivity contribution in [1.82, 2.24) is 5.32 Å². The number of nitrogens with zero attached hydrogens (tertiary/aromatic N) is 2. The van der Waals surface area contributed by atoms with Crippen molar-refractivity contribution in [1.29, 1.82) is 0 Å². The predicted octanol–water partition coefficient (Wildman–Crippen LogP) is 3.27. The lowest BCUT2D eigenvalue weighted by Gasteiger charge is -2.18. The summed E-state index contributed by atoms with van der Waals surface area (Å²) in [5, 5.41) is 6.60. The first-order chi connectivity index (χ1) is 13.2. The van der Waals surface area contributed by atoms with E-state index >= 15 is 0 Å². The lowest BCUT2D eigenvalue weighted by atomic mass is 10.2. The fourth-order valence-corrected chi connectivity index (χ4v) is 2.93. The third-order valence-electron chi connectivity index (χ3n) is 4.45. The van der Waals surface area contributed by atoms with Crippen molar-refractivity contribution >= 4 is 17.3 Å². The Morgan fingerprint density at radius 1 is 1.00 bits per heavy atom. The molecule has 0 aliphatic carbocycles. The van der Waals surface area contributed by atoms with Gasteiger partial charge in [0.1, 0.15) is 0 Å². The average Bonchev–Trinajstić information content (AvgIpc) is 3.26. The zero-order valence-electron chi connectivity index (χ0n) is 16.0. The van der Waals surface area contributed by atoms with Crippen LogP contribution in [-0.4, -0.2) is 40.3 Å². The first-order valence-corrected chi connectivity index (χ1v) is 8.92. The van der Waals surface area contributed by atoms with Crippen LogP contribution < -0.4 is 25.0 Å². The van der Waals surface area contributed by atoms with Crippen LogP contribution in [0.25, 0.3) is 0 Å². The van der Waals surface area contributed by atoms with Crippen LogP contribution in [-0.2, 0) is 6.54 Å². The number of ether oxygens (including phenoxy) is 2. The van der Waals surface area contributed by atoms with Crippen LogP contribution in [0, 0.1) is 0 Å². The Kier molecular flexibility index (Phi) is 6.20. The highest BCUT2D eigenvalue weighted by Crippen LogP contribution is 2.29. The minimum atomic E-state index is 0.671. The molecule has 0 atom stereocenters. The van der Waals surface area contributed by atoms with Gasteiger partial charge >= 0.3 is 0 Å². The molecule has 2 aromatic carbocycles. The van der Waals surface area contributed by atoms with Crippen LogP contribution in [0.2, 0.25) is 0 Å². The molecular formula is C21H26N4O2. The molecule has 27 heavy (non-hydrogen) atoms. The molecular weight excluding hydrogens is 340 g/mol. The van der Waals surface area contributed by atoms with Gasteiger partial charge in [0.2, 0.25) is 0 Å². The number of aliphatic imine (C=N–C) groups is 1. The molecule has 0 saturated carbocycles. The molecule has 3 rings (SSSR count). The van der Waals surface area contributed by atoms with E-state index in [1.165, 1.54) is 11.3 Å². The smallest absolute Gasteiger partial charge is 0.195 e. The minimum absolute atomic E-state index is 0.671. The van der Waals surface area contributed by atoms with Crippen LogP contribution in [0.4, 0.5) is 11.4 Å². The summed E-state index contributed by atoms with van der Waals surface area (Å²) in [4.78, 5) is 6.61. The number of benzene rings is 2. The summed E-state index contributed by atoms with van der Waals surface area (Å²) in [6.07, 6.45) is 4.39. The van der Waals surface area contributed by atoms with Crippen LogP contribution in [0.15, 0.2) is 59.6 Å². The first kappa shape index (κ1) is 18.6. The van der Waals surface area contributed by atoms with Gasteiger partial charge in [-0.3, -0.25) is 4.99 Å². The van der Waals surface area contributed by atoms with E-state index in [2.05, 4.69) is 56.9 Å². The van der Waals surface area contributed by atoms with Crippen molar-refractivity contribution in [2.24, 2.45) is 4.99 Å². The molecule has 0 amide bonds. The molecule has 1 aliphatic heterocycles. The van der Waals surface area contributed by atoms with Crippen LogP contribution in [0.3, 0.4) is 0 Å². The minimum Gasteiger partial charge on any atom is -0.493 e. The monoisotopic (exact) mass is 366 g/mol. The molecule has 6 nitrogen and oxygen atoms in total. The molecule has 1 heterocycles. The molecule has 142 valence electrons. The largest absolute Gasteiger partial charge is 0.493 e. The quantitative estimate of drug-likeness (QED) is 0.467. The normalized spacial score (nSPS) is 13.6. The molecule has 6 heteroatoms. The molecule has 2 aromatic rings. The maximum atomic E-state index is 5.34. The Hall–Kier alpha value is -3.15. The third-order valence-corrected chi connectivity index (χ3v) is 4.45. The Labute approximate surface area is 160 Å². The Balaban J connectivity index is 1.57. The lowest BCUT2D eigenvalue weighted by Crippen LogP contribution is -2.30. The van der Waals surface area contributed by atoms with Gasteiger partial charge in [-0.15, -0.1) is 0 Å². The van der Waals surface area contributed by atoms with Crippen LogP contribution >= 0.6 is 0 Å². The summed E-state index contributed by atoms with van der Waals surface area (Å²) in [6.45, 7) is 2.66. The van der Waals surface area contributed by atoms with Gasteiger partial charge in [0.15, 0.2) is 17.5 Å². The average molecular weight is 366 g/mol. The second kappa shape index (κ2) is 8.98. The molecule has 0 unspecified atom stereocenters. The molecule has 2 N–H and O–H groups in total. The van der Waals surface area contributed by atoms with Gasteiger partial charge in [-0.05, 0) is 29.8 Å². The van der Waals surface area contributed by atoms with Crippen molar-refractivity contribution in [3.63, 3.8) is 0 Å². The van der Waals surface area contributed by atoms with Crippen molar-refractivity contribution in [2.45, 2.75) is 6.54 Å². The van der Waals surface area contributed by atoms with Crippen LogP contribution in [0.1, 0.15) is 5.56 Å². The van der Waals surface area contributed by atoms with E-state index in [4.69, 9.17) is 9.47 Å². The summed E-state index contributed by atoms with van der Waals surface area (Å²) in [6, 6.07) is 14.3. The molecule has 0 bridgehead atoms. The Morgan fingerprint density at radius 2 is 1.70 bits per heavy atom. The van der Waals surface area contributed by atoms with Crippen molar-refractivity contribution in [3.05, 3.63) is 60.2 Å². The zero-order chi connectivity index (χ0) is 19.1. The van der Waals surface area contributed by atoms with Gasteiger partial charge < -0.3 is 25.0 Å². The predicted molar refractivity (Wildman–Crippen MR) is 111 cm³/mol. The van der Waals surface area contributed by atoms with E-state index < -0.39 is 0 Å². The van der Waals surface area contributed by atoms with Gasteiger partial charge in [-0.25, -0.2) is 0 Å². The second-order valence-electron chi connectivity index (χ2n) is 6.16. The molecule has 1 aliphatic rings. The van der Waals surface area contributed by atoms with E-state index in [1.54, 1.807) is 21.3 Å². The summed E-state index contributed by atoms with van der Waals surface area (Å²) < 4.78 is 10.6. The number of guanidine groups is 1. The van der Waals surface area contributed by atoms with E-state index in [-0.39, 0.29) is 0 Å². The fraction of sp³-hybridized carbons (Fsp3) is 0.286. The Bertz CT molecular complexity index is 807. The molecule has 0 radical (unpaired) electrons. The molecule has 0 fully saturated rings. The zero-order valence-corrected chi connectivity index (χ0v) is 16.0. The van der Waals surface area contributed by atoms with Gasteiger partial charge in [-0.1, -0.05) is 24.3 Å². The second-order valence-corrected chi connectivity index (χ2v) is 6.16. The van der Waals surface area contributed by atoms with Gasteiger partial charge in [0, 0.05) is 44.1 Å². The maximum absolute atomic E-state index is 5.34. The molecule has 0 saturated heterocycles. The number of hydrogen-bond acceptors (Lipinski definition) is 4. The van der Waals surface area contributed by atoms with Crippen molar-refractivity contribution in [2.75, 3.05) is 44.6 Å². The fourth-order valence-electron chi connectivity index (χ4n) is 2.93. The molecule has 0 aromatic heterocycles. The van der Waals surface area contributed by atoms with E-state index in [1.807, 2.05) is 18.2 Å². The number of hydrogen-bond donors (Lipinski definition) is 2. The van der Waals surface area contributed by atoms with E-state index in [9.17, 15) is 0 Å². The number of anilines is 2. The number of nitrogens with one attached hydrogen (secondary N) is 2. The van der Waals surface area contributed by atoms with Crippen LogP contribution in [0.5, 0.6) is 11.5 Å².